The SMILES string of the molecule is CCC(=O)c1ccc2oc(NC)nc2c1. The monoisotopic (exact) mass is 204 g/mol. The maximum absolute atomic E-state index is 11.5. The molecule has 0 amide bonds. The van der Waals surface area contributed by atoms with E-state index in [0.29, 0.717) is 29.1 Å². The second-order valence-corrected chi connectivity index (χ2v) is 3.23. The summed E-state index contributed by atoms with van der Waals surface area (Å²) in [4.78, 5) is 15.6. The molecular weight excluding hydrogens is 192 g/mol. The molecule has 2 rings (SSSR count). The van der Waals surface area contributed by atoms with Crippen LogP contribution < -0.4 is 5.32 Å². The predicted octanol–water partition coefficient (Wildman–Crippen LogP) is 2.46. The topological polar surface area (TPSA) is 55.1 Å². The quantitative estimate of drug-likeness (QED) is 0.780. The van der Waals surface area contributed by atoms with Gasteiger partial charge >= 0.3 is 0 Å². The molecular formula is C11H12N2O2. The van der Waals surface area contributed by atoms with Gasteiger partial charge in [-0.25, -0.2) is 0 Å². The van der Waals surface area contributed by atoms with Crippen LogP contribution in [0.15, 0.2) is 22.6 Å². The van der Waals surface area contributed by atoms with Crippen molar-refractivity contribution in [3.8, 4) is 0 Å². The fourth-order valence-electron chi connectivity index (χ4n) is 1.41. The highest BCUT2D eigenvalue weighted by Crippen LogP contribution is 2.20. The van der Waals surface area contributed by atoms with Gasteiger partial charge in [0.05, 0.1) is 0 Å². The highest BCUT2D eigenvalue weighted by Gasteiger charge is 2.08. The first-order chi connectivity index (χ1) is 7.24. The number of nitrogens with one attached hydrogen (secondary N) is 1. The van der Waals surface area contributed by atoms with Crippen molar-refractivity contribution in [3.05, 3.63) is 23.8 Å². The van der Waals surface area contributed by atoms with Gasteiger partial charge in [0, 0.05) is 19.0 Å². The number of carbonyl (C=O) groups is 1. The summed E-state index contributed by atoms with van der Waals surface area (Å²) in [7, 11) is 1.74. The Morgan fingerprint density at radius 1 is 1.53 bits per heavy atom. The van der Waals surface area contributed by atoms with Gasteiger partial charge in [-0.1, -0.05) is 6.92 Å². The first-order valence-corrected chi connectivity index (χ1v) is 4.86. The van der Waals surface area contributed by atoms with E-state index in [2.05, 4.69) is 10.3 Å². The zero-order valence-corrected chi connectivity index (χ0v) is 8.70. The molecule has 4 heteroatoms. The fourth-order valence-corrected chi connectivity index (χ4v) is 1.41. The van der Waals surface area contributed by atoms with Gasteiger partial charge in [0.15, 0.2) is 11.4 Å². The molecule has 0 atom stereocenters. The van der Waals surface area contributed by atoms with Crippen molar-refractivity contribution >= 4 is 22.9 Å². The molecule has 0 saturated heterocycles. The third kappa shape index (κ3) is 1.70. The standard InChI is InChI=1S/C11H12N2O2/c1-3-9(14)7-4-5-10-8(6-7)13-11(12-2)15-10/h4-6H,3H2,1-2H3,(H,12,13). The Balaban J connectivity index is 2.50. The molecule has 0 fully saturated rings. The Bertz CT molecular complexity index is 502. The summed E-state index contributed by atoms with van der Waals surface area (Å²) in [5, 5.41) is 2.82. The van der Waals surface area contributed by atoms with Gasteiger partial charge in [-0.05, 0) is 18.2 Å². The van der Waals surface area contributed by atoms with E-state index in [-0.39, 0.29) is 5.78 Å². The van der Waals surface area contributed by atoms with E-state index in [1.807, 2.05) is 6.92 Å². The lowest BCUT2D eigenvalue weighted by atomic mass is 10.1. The summed E-state index contributed by atoms with van der Waals surface area (Å²) in [5.74, 6) is 0.117. The largest absolute Gasteiger partial charge is 0.424 e. The predicted molar refractivity (Wildman–Crippen MR) is 58.2 cm³/mol. The first kappa shape index (κ1) is 9.71. The lowest BCUT2D eigenvalue weighted by Gasteiger charge is -1.95. The Morgan fingerprint density at radius 3 is 3.00 bits per heavy atom. The number of ketones is 1. The second kappa shape index (κ2) is 3.73. The molecule has 0 radical (unpaired) electrons. The van der Waals surface area contributed by atoms with Gasteiger partial charge < -0.3 is 9.73 Å². The molecule has 0 aliphatic carbocycles. The number of rotatable bonds is 3. The zero-order valence-electron chi connectivity index (χ0n) is 8.70. The molecule has 4 nitrogen and oxygen atoms in total. The summed E-state index contributed by atoms with van der Waals surface area (Å²) in [6.07, 6.45) is 0.502. The van der Waals surface area contributed by atoms with Crippen molar-refractivity contribution in [2.45, 2.75) is 13.3 Å². The van der Waals surface area contributed by atoms with Crippen LogP contribution in [0.25, 0.3) is 11.1 Å². The molecule has 1 aromatic heterocycles. The number of hydrogen-bond acceptors (Lipinski definition) is 4. The fraction of sp³-hybridized carbons (Fsp3) is 0.273. The Morgan fingerprint density at radius 2 is 2.33 bits per heavy atom. The molecule has 0 spiro atoms. The molecule has 2 aromatic rings. The van der Waals surface area contributed by atoms with Crippen molar-refractivity contribution < 1.29 is 9.21 Å². The molecule has 0 aliphatic heterocycles. The summed E-state index contributed by atoms with van der Waals surface area (Å²) in [6.45, 7) is 1.84. The average molecular weight is 204 g/mol. The number of oxazole rings is 1. The second-order valence-electron chi connectivity index (χ2n) is 3.23. The summed E-state index contributed by atoms with van der Waals surface area (Å²) < 4.78 is 5.35. The number of Topliss-reactive ketones (excluding diaryl/α,β-unsaturated/α-hetero) is 1. The summed E-state index contributed by atoms with van der Waals surface area (Å²) in [5.41, 5.74) is 2.08. The lowest BCUT2D eigenvalue weighted by Crippen LogP contribution is -1.95. The highest BCUT2D eigenvalue weighted by atomic mass is 16.4. The minimum atomic E-state index is 0.117. The van der Waals surface area contributed by atoms with Crippen LogP contribution in [0.4, 0.5) is 6.01 Å². The number of aromatic nitrogens is 1. The van der Waals surface area contributed by atoms with E-state index in [1.54, 1.807) is 25.2 Å². The third-order valence-electron chi connectivity index (χ3n) is 2.24. The minimum absolute atomic E-state index is 0.117. The van der Waals surface area contributed by atoms with Crippen LogP contribution in [-0.4, -0.2) is 17.8 Å². The number of nitrogens with zero attached hydrogens (tertiary/aromatic N) is 1. The van der Waals surface area contributed by atoms with Gasteiger partial charge in [-0.2, -0.15) is 4.98 Å². The van der Waals surface area contributed by atoms with Crippen LogP contribution in [0.2, 0.25) is 0 Å². The normalized spacial score (nSPS) is 10.5. The average Bonchev–Trinajstić information content (AvgIpc) is 2.69. The van der Waals surface area contributed by atoms with Gasteiger partial charge in [0.2, 0.25) is 0 Å². The van der Waals surface area contributed by atoms with Crippen molar-refractivity contribution in [1.29, 1.82) is 0 Å². The first-order valence-electron chi connectivity index (χ1n) is 4.86. The highest BCUT2D eigenvalue weighted by molar-refractivity contribution is 5.98. The van der Waals surface area contributed by atoms with Gasteiger partial charge in [-0.15, -0.1) is 0 Å². The van der Waals surface area contributed by atoms with Crippen molar-refractivity contribution in [1.82, 2.24) is 4.98 Å². The molecule has 78 valence electrons. The molecule has 1 aromatic carbocycles. The Labute approximate surface area is 87.3 Å². The van der Waals surface area contributed by atoms with Gasteiger partial charge in [0.25, 0.3) is 6.01 Å². The van der Waals surface area contributed by atoms with E-state index in [4.69, 9.17) is 4.42 Å². The molecule has 0 aliphatic rings. The molecule has 15 heavy (non-hydrogen) atoms. The van der Waals surface area contributed by atoms with Crippen molar-refractivity contribution in [3.63, 3.8) is 0 Å². The number of carbonyl (C=O) groups excluding carboxylic acids is 1. The van der Waals surface area contributed by atoms with E-state index >= 15 is 0 Å². The van der Waals surface area contributed by atoms with Crippen LogP contribution in [0.1, 0.15) is 23.7 Å². The van der Waals surface area contributed by atoms with E-state index in [0.717, 1.165) is 0 Å². The molecule has 1 heterocycles. The van der Waals surface area contributed by atoms with Gasteiger partial charge in [-0.3, -0.25) is 4.79 Å². The number of anilines is 1. The zero-order chi connectivity index (χ0) is 10.8. The smallest absolute Gasteiger partial charge is 0.295 e. The van der Waals surface area contributed by atoms with E-state index < -0.39 is 0 Å². The number of hydrogen-bond donors (Lipinski definition) is 1. The summed E-state index contributed by atoms with van der Waals surface area (Å²) in [6, 6.07) is 5.75. The molecule has 0 unspecified atom stereocenters. The molecule has 0 bridgehead atoms. The van der Waals surface area contributed by atoms with Crippen molar-refractivity contribution in [2.75, 3.05) is 12.4 Å². The van der Waals surface area contributed by atoms with Crippen LogP contribution in [0, 0.1) is 0 Å². The molecule has 0 saturated carbocycles. The number of benzene rings is 1. The Kier molecular flexibility index (Phi) is 2.41. The van der Waals surface area contributed by atoms with Crippen LogP contribution in [-0.2, 0) is 0 Å². The minimum Gasteiger partial charge on any atom is -0.424 e. The lowest BCUT2D eigenvalue weighted by molar-refractivity contribution is 0.0988. The van der Waals surface area contributed by atoms with Crippen LogP contribution in [0.5, 0.6) is 0 Å². The molecule has 1 N–H and O–H groups in total. The third-order valence-corrected chi connectivity index (χ3v) is 2.24. The van der Waals surface area contributed by atoms with E-state index in [9.17, 15) is 4.79 Å². The van der Waals surface area contributed by atoms with Crippen LogP contribution >= 0.6 is 0 Å². The van der Waals surface area contributed by atoms with Gasteiger partial charge in [0.1, 0.15) is 5.52 Å². The van der Waals surface area contributed by atoms with Crippen molar-refractivity contribution in [2.24, 2.45) is 0 Å². The summed E-state index contributed by atoms with van der Waals surface area (Å²) >= 11 is 0. The van der Waals surface area contributed by atoms with E-state index in [1.165, 1.54) is 0 Å². The number of fused-ring (bicyclic) bond motifs is 1. The Hall–Kier alpha value is -1.84. The van der Waals surface area contributed by atoms with Crippen LogP contribution in [0.3, 0.4) is 0 Å². The maximum atomic E-state index is 11.5. The maximum Gasteiger partial charge on any atom is 0.295 e.